The van der Waals surface area contributed by atoms with Gasteiger partial charge in [-0.3, -0.25) is 33.5 Å². The van der Waals surface area contributed by atoms with Crippen LogP contribution in [0.3, 0.4) is 0 Å². The van der Waals surface area contributed by atoms with E-state index in [4.69, 9.17) is 37.5 Å². The molecule has 4 fully saturated rings. The lowest BCUT2D eigenvalue weighted by Gasteiger charge is -2.32. The predicted octanol–water partition coefficient (Wildman–Crippen LogP) is 0.222. The van der Waals surface area contributed by atoms with Gasteiger partial charge in [0.2, 0.25) is 0 Å². The summed E-state index contributed by atoms with van der Waals surface area (Å²) in [6.45, 7) is 1.56. The zero-order valence-corrected chi connectivity index (χ0v) is 42.9. The Balaban J connectivity index is 0.000000200. The van der Waals surface area contributed by atoms with Crippen molar-refractivity contribution in [3.8, 4) is 23.7 Å². The third-order valence-electron chi connectivity index (χ3n) is 12.9. The van der Waals surface area contributed by atoms with Gasteiger partial charge in [-0.15, -0.1) is 0 Å². The number of H-pyrrole nitrogens is 2. The average molecular weight is 1090 g/mol. The van der Waals surface area contributed by atoms with Gasteiger partial charge in [0.15, 0.2) is 12.5 Å². The number of carbonyl (C=O) groups excluding carboxylic acids is 2. The van der Waals surface area contributed by atoms with Crippen LogP contribution in [0.15, 0.2) is 86.2 Å². The number of hydrogen-bond donors (Lipinski definition) is 4. The molecule has 2 aromatic heterocycles. The molecule has 4 N–H and O–H groups in total. The molecule has 4 aliphatic rings. The molecule has 6 heterocycles. The Morgan fingerprint density at radius 3 is 1.63 bits per heavy atom. The summed E-state index contributed by atoms with van der Waals surface area (Å²) in [5.41, 5.74) is -5.28. The Hall–Kier alpha value is -6.80. The van der Waals surface area contributed by atoms with E-state index in [-0.39, 0.29) is 56.6 Å². The summed E-state index contributed by atoms with van der Waals surface area (Å²) >= 11 is 0. The summed E-state index contributed by atoms with van der Waals surface area (Å²) in [6.07, 6.45) is -4.58. The van der Waals surface area contributed by atoms with Crippen molar-refractivity contribution in [2.24, 2.45) is 0 Å². The molecule has 0 radical (unpaired) electrons. The molecule has 10 rings (SSSR count). The lowest BCUT2D eigenvalue weighted by molar-refractivity contribution is -0.209. The molecule has 4 saturated heterocycles. The Morgan fingerprint density at radius 1 is 0.697 bits per heavy atom. The molecule has 76 heavy (non-hydrogen) atoms. The highest BCUT2D eigenvalue weighted by Crippen LogP contribution is 2.52. The lowest BCUT2D eigenvalue weighted by Crippen LogP contribution is -2.46. The summed E-state index contributed by atoms with van der Waals surface area (Å²) in [7, 11) is -4.37. The maximum absolute atomic E-state index is 13.2. The zero-order valence-electron chi connectivity index (χ0n) is 41.1. The van der Waals surface area contributed by atoms with Crippen molar-refractivity contribution in [3.05, 3.63) is 125 Å². The number of nitrogens with zero attached hydrogens (tertiary/aromatic N) is 2. The van der Waals surface area contributed by atoms with Crippen LogP contribution >= 0.6 is 15.2 Å². The first-order valence-corrected chi connectivity index (χ1v) is 27.1. The van der Waals surface area contributed by atoms with Gasteiger partial charge in [0.1, 0.15) is 61.9 Å². The Morgan fingerprint density at radius 2 is 1.16 bits per heavy atom. The number of amides is 2. The van der Waals surface area contributed by atoms with Crippen LogP contribution in [0.1, 0.15) is 33.9 Å². The highest BCUT2D eigenvalue weighted by atomic mass is 31.2. The molecule has 4 aromatic carbocycles. The molecule has 4 bridgehead atoms. The normalized spacial score (nSPS) is 25.7. The van der Waals surface area contributed by atoms with Crippen molar-refractivity contribution < 1.29 is 70.7 Å². The van der Waals surface area contributed by atoms with Crippen molar-refractivity contribution in [3.63, 3.8) is 0 Å². The maximum atomic E-state index is 13.2. The molecule has 2 amide bonds. The summed E-state index contributed by atoms with van der Waals surface area (Å²) in [6, 6.07) is 17.8. The summed E-state index contributed by atoms with van der Waals surface area (Å²) in [4.78, 5) is 102. The van der Waals surface area contributed by atoms with E-state index >= 15 is 0 Å². The van der Waals surface area contributed by atoms with Gasteiger partial charge in [-0.05, 0) is 38.4 Å². The molecule has 0 spiro atoms. The number of aromatic nitrogens is 4. The van der Waals surface area contributed by atoms with Crippen LogP contribution in [0.5, 0.6) is 0 Å². The Labute approximate surface area is 430 Å². The van der Waals surface area contributed by atoms with E-state index in [1.807, 2.05) is 42.5 Å². The van der Waals surface area contributed by atoms with Crippen molar-refractivity contribution in [1.29, 1.82) is 0 Å². The van der Waals surface area contributed by atoms with Crippen molar-refractivity contribution >= 4 is 59.5 Å². The highest BCUT2D eigenvalue weighted by Gasteiger charge is 2.65. The van der Waals surface area contributed by atoms with Crippen LogP contribution in [0, 0.1) is 23.7 Å². The van der Waals surface area contributed by atoms with Crippen LogP contribution in [-0.4, -0.2) is 141 Å². The molecule has 0 aliphatic carbocycles. The number of aromatic amines is 2. The topological polar surface area (TPSA) is 331 Å². The molecule has 4 aliphatic heterocycles. The van der Waals surface area contributed by atoms with E-state index in [1.54, 1.807) is 6.07 Å². The molecule has 4 unspecified atom stereocenters. The number of methoxy groups -OCH3 is 3. The van der Waals surface area contributed by atoms with Gasteiger partial charge in [-0.25, -0.2) is 14.4 Å². The quantitative estimate of drug-likeness (QED) is 0.0683. The number of benzene rings is 4. The molecular weight excluding hydrogens is 1040 g/mol. The van der Waals surface area contributed by atoms with Gasteiger partial charge in [0, 0.05) is 45.5 Å². The molecule has 27 heteroatoms. The lowest BCUT2D eigenvalue weighted by atomic mass is 9.92. The number of ether oxygens (including phenoxy) is 7. The standard InChI is InChI=1S/C32H28N3O9P.C17H22N3O10P/c1-41-16-32-17-42-26(27(32)44-45(2,39)40)30(43-32)35-15-21(28(36)34-31(35)38)7-4-14-33-29(37)23-13-11-20-9-8-18-5-3-6-19-10-12-22(23)25(20)24(18)19;1-26-8-17-9-28-11(12(17)30-31(3,24)25)14(29-17)20-7-10(13(21)19-15(20)22)5-4-6-18-16(23)27-2/h3,5-6,8-13,15,26-27,30H,14,16-17H2,1-2H3,(H,33,37)(H,39,40)(H,34,36,38);7,11-12,14H,6,8-9H2,1-3H3,(H,18,23)(H,24,25)(H,19,21,22)/p-2/t26?,27-,30+,32+;11?,12-,14+,17+/m00/s1. The largest absolute Gasteiger partial charge is 0.779 e. The van der Waals surface area contributed by atoms with E-state index in [9.17, 15) is 47.7 Å². The molecule has 400 valence electrons. The zero-order chi connectivity index (χ0) is 54.3. The van der Waals surface area contributed by atoms with Crippen LogP contribution in [0.2, 0.25) is 0 Å². The number of rotatable bonds is 13. The SMILES string of the molecule is COC[C@]12COC([C@H](n3cc(C#CCNC(=O)OC)c(=O)[nH]c3=O)O1)[C@@H]2OP(C)(=O)[O-].COC[C@]12COC([C@H](n3cc(C#CCNC(=O)c4ccc5ccc6cccc7ccc4c5c67)c(=O)[nH]c3=O)O1)[C@@H]2OP(C)(=O)[O-]. The van der Waals surface area contributed by atoms with E-state index in [0.717, 1.165) is 54.8 Å². The van der Waals surface area contributed by atoms with Gasteiger partial charge < -0.3 is 71.8 Å². The third-order valence-corrected chi connectivity index (χ3v) is 14.1. The number of nitrogens with one attached hydrogen (secondary N) is 4. The average Bonchev–Trinajstić information content (AvgIpc) is 4.27. The van der Waals surface area contributed by atoms with Crippen LogP contribution < -0.4 is 42.9 Å². The maximum Gasteiger partial charge on any atom is 0.407 e. The second-order valence-electron chi connectivity index (χ2n) is 18.2. The van der Waals surface area contributed by atoms with E-state index in [1.165, 1.54) is 33.7 Å². The third kappa shape index (κ3) is 10.7. The van der Waals surface area contributed by atoms with Gasteiger partial charge in [-0.1, -0.05) is 72.2 Å². The first kappa shape index (κ1) is 54.0. The van der Waals surface area contributed by atoms with E-state index in [2.05, 4.69) is 55.1 Å². The summed E-state index contributed by atoms with van der Waals surface area (Å²) in [5, 5.41) is 11.3. The molecule has 6 aromatic rings. The van der Waals surface area contributed by atoms with Crippen molar-refractivity contribution in [1.82, 2.24) is 29.7 Å². The first-order chi connectivity index (χ1) is 36.2. The minimum Gasteiger partial charge on any atom is -0.779 e. The number of carbonyl (C=O) groups is 2. The monoisotopic (exact) mass is 1090 g/mol. The number of alkyl carbamates (subject to hydrolysis) is 1. The minimum atomic E-state index is -4.21. The fraction of sp³-hybridized carbons (Fsp3) is 0.388. The van der Waals surface area contributed by atoms with Crippen molar-refractivity contribution in [2.45, 2.75) is 48.1 Å². The first-order valence-electron chi connectivity index (χ1n) is 23.1. The molecule has 25 nitrogen and oxygen atoms in total. The second-order valence-corrected chi connectivity index (χ2v) is 21.7. The predicted molar refractivity (Wildman–Crippen MR) is 265 cm³/mol. The smallest absolute Gasteiger partial charge is 0.407 e. The molecule has 10 atom stereocenters. The minimum absolute atomic E-state index is 0.00334. The van der Waals surface area contributed by atoms with E-state index < -0.39 is 91.9 Å². The Kier molecular flexibility index (Phi) is 15.1. The molecular formula is C49H48N6O19P2-2. The fourth-order valence-electron chi connectivity index (χ4n) is 9.80. The Bertz CT molecular complexity index is 3720. The summed E-state index contributed by atoms with van der Waals surface area (Å²) < 4.78 is 74.6. The number of hydrogen-bond acceptors (Lipinski definition) is 19. The van der Waals surface area contributed by atoms with Gasteiger partial charge in [0.25, 0.3) is 17.0 Å². The van der Waals surface area contributed by atoms with Gasteiger partial charge in [0.05, 0.1) is 46.6 Å². The highest BCUT2D eigenvalue weighted by molar-refractivity contribution is 7.50. The van der Waals surface area contributed by atoms with Gasteiger partial charge >= 0.3 is 17.5 Å². The van der Waals surface area contributed by atoms with Crippen molar-refractivity contribution in [2.75, 3.05) is 74.2 Å². The van der Waals surface area contributed by atoms with Crippen LogP contribution in [-0.2, 0) is 51.3 Å². The fourth-order valence-corrected chi connectivity index (χ4v) is 11.2. The number of fused-ring (bicyclic) bond motifs is 4. The van der Waals surface area contributed by atoms with Crippen LogP contribution in [0.25, 0.3) is 32.3 Å². The molecule has 0 saturated carbocycles. The van der Waals surface area contributed by atoms with E-state index in [0.29, 0.717) is 5.56 Å². The van der Waals surface area contributed by atoms with Gasteiger partial charge in [-0.2, -0.15) is 0 Å². The summed E-state index contributed by atoms with van der Waals surface area (Å²) in [5.74, 6) is 10.2. The van der Waals surface area contributed by atoms with Crippen LogP contribution in [0.4, 0.5) is 4.79 Å². The second kappa shape index (κ2) is 21.3.